The van der Waals surface area contributed by atoms with Crippen LogP contribution in [0.15, 0.2) is 54.6 Å². The fourth-order valence-electron chi connectivity index (χ4n) is 3.93. The van der Waals surface area contributed by atoms with E-state index in [0.29, 0.717) is 15.6 Å². The highest BCUT2D eigenvalue weighted by Crippen LogP contribution is 2.65. The fourth-order valence-corrected chi connectivity index (χ4v) is 5.50. The number of benzene rings is 3. The van der Waals surface area contributed by atoms with Gasteiger partial charge in [-0.15, -0.1) is 23.2 Å². The van der Waals surface area contributed by atoms with Gasteiger partial charge in [-0.25, -0.2) is 4.39 Å². The van der Waals surface area contributed by atoms with Gasteiger partial charge in [-0.1, -0.05) is 34.8 Å². The average Bonchev–Trinajstić information content (AvgIpc) is 3.37. The highest BCUT2D eigenvalue weighted by Gasteiger charge is 2.67. The zero-order valence-corrected chi connectivity index (χ0v) is 22.1. The summed E-state index contributed by atoms with van der Waals surface area (Å²) in [5.74, 6) is -3.54. The third-order valence-corrected chi connectivity index (χ3v) is 7.37. The quantitative estimate of drug-likeness (QED) is 0.228. The van der Waals surface area contributed by atoms with Gasteiger partial charge in [0.05, 0.1) is 22.2 Å². The molecule has 3 aromatic carbocycles. The molecule has 1 aliphatic carbocycles. The number of amides is 2. The zero-order valence-electron chi connectivity index (χ0n) is 18.3. The van der Waals surface area contributed by atoms with E-state index >= 15 is 0 Å². The van der Waals surface area contributed by atoms with E-state index in [1.54, 1.807) is 18.2 Å². The Kier molecular flexibility index (Phi) is 7.56. The van der Waals surface area contributed by atoms with Crippen LogP contribution in [0.1, 0.15) is 39.1 Å². The first-order valence-corrected chi connectivity index (χ1v) is 12.3. The zero-order chi connectivity index (χ0) is 26.4. The maximum atomic E-state index is 13.5. The van der Waals surface area contributed by atoms with E-state index < -0.39 is 39.6 Å². The molecule has 0 aliphatic heterocycles. The Bertz CT molecular complexity index is 1390. The molecule has 1 saturated carbocycles. The van der Waals surface area contributed by atoms with E-state index in [2.05, 4.69) is 10.6 Å². The van der Waals surface area contributed by atoms with Crippen molar-refractivity contribution in [3.05, 3.63) is 92.2 Å². The smallest absolute Gasteiger partial charge is 0.257 e. The van der Waals surface area contributed by atoms with E-state index in [-0.39, 0.29) is 27.5 Å². The lowest BCUT2D eigenvalue weighted by molar-refractivity contribution is -0.117. The van der Waals surface area contributed by atoms with Crippen LogP contribution in [-0.4, -0.2) is 21.9 Å². The summed E-state index contributed by atoms with van der Waals surface area (Å²) in [6, 6.07) is 12.6. The summed E-state index contributed by atoms with van der Waals surface area (Å²) in [5, 5.41) is 6.11. The van der Waals surface area contributed by atoms with Crippen LogP contribution in [0.25, 0.3) is 0 Å². The number of hydrogen-bond acceptors (Lipinski definition) is 3. The lowest BCUT2D eigenvalue weighted by atomic mass is 10.1. The third kappa shape index (κ3) is 5.48. The van der Waals surface area contributed by atoms with Gasteiger partial charge in [-0.3, -0.25) is 14.4 Å². The van der Waals surface area contributed by atoms with Crippen molar-refractivity contribution in [2.45, 2.75) is 17.2 Å². The highest BCUT2D eigenvalue weighted by molar-refractivity contribution is 6.53. The Labute approximate surface area is 230 Å². The van der Waals surface area contributed by atoms with Gasteiger partial charge in [-0.05, 0) is 67.1 Å². The second-order valence-electron chi connectivity index (χ2n) is 8.22. The first-order chi connectivity index (χ1) is 16.9. The van der Waals surface area contributed by atoms with E-state index in [4.69, 9.17) is 58.0 Å². The van der Waals surface area contributed by atoms with Crippen molar-refractivity contribution in [1.82, 2.24) is 0 Å². The molecule has 2 atom stereocenters. The summed E-state index contributed by atoms with van der Waals surface area (Å²) >= 11 is 31.1. The summed E-state index contributed by atoms with van der Waals surface area (Å²) in [6.45, 7) is 1.25. The van der Waals surface area contributed by atoms with Crippen LogP contribution in [0.4, 0.5) is 15.8 Å². The predicted octanol–water partition coefficient (Wildman–Crippen LogP) is 7.77. The van der Waals surface area contributed by atoms with E-state index in [9.17, 15) is 18.8 Å². The van der Waals surface area contributed by atoms with Crippen LogP contribution in [-0.2, 0) is 4.79 Å². The van der Waals surface area contributed by atoms with Gasteiger partial charge in [0.2, 0.25) is 5.91 Å². The number of hydrogen-bond donors (Lipinski definition) is 2. The van der Waals surface area contributed by atoms with Crippen molar-refractivity contribution < 1.29 is 18.8 Å². The number of alkyl halides is 2. The number of Topliss-reactive ketones (excluding diaryl/α,β-unsaturated/α-hetero) is 1. The molecule has 186 valence electrons. The molecule has 0 aromatic heterocycles. The van der Waals surface area contributed by atoms with Crippen molar-refractivity contribution in [1.29, 1.82) is 0 Å². The fraction of sp³-hybridized carbons (Fsp3) is 0.160. The Morgan fingerprint density at radius 1 is 0.861 bits per heavy atom. The maximum absolute atomic E-state index is 13.5. The Hall–Kier alpha value is -2.35. The molecule has 4 rings (SSSR count). The van der Waals surface area contributed by atoms with Crippen LogP contribution in [0, 0.1) is 11.7 Å². The molecule has 11 heteroatoms. The monoisotopic (exact) mass is 586 g/mol. The number of carbonyl (C=O) groups excluding carboxylic acids is 3. The maximum Gasteiger partial charge on any atom is 0.257 e. The van der Waals surface area contributed by atoms with Gasteiger partial charge >= 0.3 is 0 Å². The molecule has 5 nitrogen and oxygen atoms in total. The summed E-state index contributed by atoms with van der Waals surface area (Å²) in [5.41, 5.74) is 1.03. The molecule has 2 amide bonds. The molecular formula is C25H16Cl5FN2O3. The molecule has 3 aromatic rings. The van der Waals surface area contributed by atoms with E-state index in [1.165, 1.54) is 31.2 Å². The SMILES string of the molecule is CC(=O)c1cc(F)ccc1NC(=O)c1cc(NC(=O)C2C(c3cc(Cl)cc(Cl)c3)C2(Cl)Cl)ccc1Cl. The summed E-state index contributed by atoms with van der Waals surface area (Å²) in [6.07, 6.45) is 0. The topological polar surface area (TPSA) is 75.3 Å². The number of ketones is 1. The minimum atomic E-state index is -1.38. The summed E-state index contributed by atoms with van der Waals surface area (Å²) in [7, 11) is 0. The van der Waals surface area contributed by atoms with Crippen molar-refractivity contribution in [3.63, 3.8) is 0 Å². The van der Waals surface area contributed by atoms with Crippen LogP contribution in [0.5, 0.6) is 0 Å². The van der Waals surface area contributed by atoms with Crippen molar-refractivity contribution >= 4 is 87.0 Å². The third-order valence-electron chi connectivity index (χ3n) is 5.67. The predicted molar refractivity (Wildman–Crippen MR) is 142 cm³/mol. The van der Waals surface area contributed by atoms with Gasteiger partial charge in [0.25, 0.3) is 5.91 Å². The minimum absolute atomic E-state index is 0.00499. The summed E-state index contributed by atoms with van der Waals surface area (Å²) < 4.78 is 12.2. The van der Waals surface area contributed by atoms with Gasteiger partial charge in [-0.2, -0.15) is 0 Å². The molecular weight excluding hydrogens is 573 g/mol. The average molecular weight is 589 g/mol. The number of halogens is 6. The number of nitrogens with one attached hydrogen (secondary N) is 2. The normalized spacial score (nSPS) is 17.9. The van der Waals surface area contributed by atoms with Gasteiger partial charge in [0, 0.05) is 27.2 Å². The first kappa shape index (κ1) is 26.7. The number of rotatable bonds is 6. The molecule has 36 heavy (non-hydrogen) atoms. The molecule has 0 bridgehead atoms. The van der Waals surface area contributed by atoms with Crippen LogP contribution >= 0.6 is 58.0 Å². The van der Waals surface area contributed by atoms with E-state index in [1.807, 2.05) is 0 Å². The van der Waals surface area contributed by atoms with Crippen LogP contribution in [0.2, 0.25) is 15.1 Å². The van der Waals surface area contributed by atoms with Crippen LogP contribution in [0.3, 0.4) is 0 Å². The molecule has 0 radical (unpaired) electrons. The molecule has 1 aliphatic rings. The molecule has 0 spiro atoms. The highest BCUT2D eigenvalue weighted by atomic mass is 35.5. The minimum Gasteiger partial charge on any atom is -0.326 e. The molecule has 0 heterocycles. The van der Waals surface area contributed by atoms with E-state index in [0.717, 1.165) is 12.1 Å². The Balaban J connectivity index is 1.53. The lowest BCUT2D eigenvalue weighted by Gasteiger charge is -2.12. The number of anilines is 2. The van der Waals surface area contributed by atoms with Crippen molar-refractivity contribution in [3.8, 4) is 0 Å². The molecule has 2 unspecified atom stereocenters. The van der Waals surface area contributed by atoms with Crippen molar-refractivity contribution in [2.75, 3.05) is 10.6 Å². The van der Waals surface area contributed by atoms with Gasteiger partial charge in [0.15, 0.2) is 5.78 Å². The Morgan fingerprint density at radius 2 is 1.53 bits per heavy atom. The lowest BCUT2D eigenvalue weighted by Crippen LogP contribution is -2.18. The first-order valence-electron chi connectivity index (χ1n) is 10.4. The molecule has 2 N–H and O–H groups in total. The largest absolute Gasteiger partial charge is 0.326 e. The summed E-state index contributed by atoms with van der Waals surface area (Å²) in [4.78, 5) is 37.7. The second-order valence-corrected chi connectivity index (χ2v) is 10.9. The standard InChI is InChI=1S/C25H16Cl5FN2O3/c1-11(34)17-9-15(31)2-5-20(17)33-23(35)18-10-16(3-4-19(18)28)32-24(36)22-21(25(22,29)30)12-6-13(26)8-14(27)7-12/h2-10,21-22H,1H3,(H,32,36)(H,33,35). The number of carbonyl (C=O) groups is 3. The van der Waals surface area contributed by atoms with Crippen molar-refractivity contribution in [2.24, 2.45) is 5.92 Å². The van der Waals surface area contributed by atoms with Gasteiger partial charge in [0.1, 0.15) is 10.2 Å². The Morgan fingerprint density at radius 3 is 2.17 bits per heavy atom. The van der Waals surface area contributed by atoms with Crippen LogP contribution < -0.4 is 10.6 Å². The second kappa shape index (κ2) is 10.2. The van der Waals surface area contributed by atoms with Gasteiger partial charge < -0.3 is 10.6 Å². The molecule has 1 fully saturated rings. The molecule has 0 saturated heterocycles.